The molecular weight excluding hydrogens is 464 g/mol. The molecule has 1 saturated heterocycles. The van der Waals surface area contributed by atoms with Gasteiger partial charge in [-0.05, 0) is 65.8 Å². The second kappa shape index (κ2) is 8.38. The molecule has 0 saturated carbocycles. The highest BCUT2D eigenvalue weighted by Gasteiger charge is 2.35. The number of aryl methyl sites for hydroxylation is 1. The second-order valence-electron chi connectivity index (χ2n) is 9.05. The molecule has 6 rings (SSSR count). The number of carbonyl (C=O) groups excluding carboxylic acids is 1. The van der Waals surface area contributed by atoms with E-state index in [2.05, 4.69) is 38.5 Å². The Balaban J connectivity index is 1.41. The van der Waals surface area contributed by atoms with Crippen molar-refractivity contribution in [2.24, 2.45) is 0 Å². The number of nitrogens with zero attached hydrogens (tertiary/aromatic N) is 4. The standard InChI is InChI=1S/C25H24N6O3S/c1-14-10-27-22-18(14)9-16(11-28-22)15-7-17-12-30(24(32)29-23-26-4-6-35-23)13-20(17)19(8-15)21-3-2-5-31(21)25(33)34/h4,6-11,21H,2-3,5,12-13H2,1H3,(H,27,28)(H,33,34)(H,26,29,32). The zero-order valence-corrected chi connectivity index (χ0v) is 19.9. The number of nitrogens with one attached hydrogen (secondary N) is 2. The van der Waals surface area contributed by atoms with Gasteiger partial charge in [0.15, 0.2) is 5.13 Å². The minimum atomic E-state index is -0.908. The molecule has 1 aromatic carbocycles. The van der Waals surface area contributed by atoms with Crippen LogP contribution in [0.1, 0.15) is 41.1 Å². The maximum absolute atomic E-state index is 13.0. The Morgan fingerprint density at radius 1 is 1.20 bits per heavy atom. The molecule has 3 amide bonds. The number of urea groups is 1. The van der Waals surface area contributed by atoms with Crippen LogP contribution in [0.3, 0.4) is 0 Å². The molecule has 4 aromatic rings. The average Bonchev–Trinajstić information content (AvgIpc) is 3.64. The molecule has 9 nitrogen and oxygen atoms in total. The van der Waals surface area contributed by atoms with Gasteiger partial charge in [-0.3, -0.25) is 5.32 Å². The smallest absolute Gasteiger partial charge is 0.407 e. The van der Waals surface area contributed by atoms with Crippen molar-refractivity contribution in [2.45, 2.75) is 38.9 Å². The number of carboxylic acid groups (broad SMARTS) is 1. The van der Waals surface area contributed by atoms with E-state index in [1.54, 1.807) is 11.1 Å². The molecule has 3 aromatic heterocycles. The number of benzene rings is 1. The van der Waals surface area contributed by atoms with E-state index in [1.807, 2.05) is 24.7 Å². The molecule has 1 unspecified atom stereocenters. The Morgan fingerprint density at radius 2 is 2.09 bits per heavy atom. The molecule has 0 bridgehead atoms. The van der Waals surface area contributed by atoms with E-state index in [4.69, 9.17) is 0 Å². The molecule has 2 aliphatic rings. The minimum Gasteiger partial charge on any atom is -0.465 e. The van der Waals surface area contributed by atoms with Crippen molar-refractivity contribution in [3.63, 3.8) is 0 Å². The second-order valence-corrected chi connectivity index (χ2v) is 9.95. The van der Waals surface area contributed by atoms with Gasteiger partial charge in [-0.1, -0.05) is 0 Å². The van der Waals surface area contributed by atoms with Crippen molar-refractivity contribution in [1.82, 2.24) is 24.8 Å². The van der Waals surface area contributed by atoms with E-state index >= 15 is 0 Å². The number of fused-ring (bicyclic) bond motifs is 2. The lowest BCUT2D eigenvalue weighted by Crippen LogP contribution is -2.31. The van der Waals surface area contributed by atoms with Gasteiger partial charge < -0.3 is 19.9 Å². The van der Waals surface area contributed by atoms with Crippen LogP contribution in [0.4, 0.5) is 14.7 Å². The monoisotopic (exact) mass is 488 g/mol. The van der Waals surface area contributed by atoms with Gasteiger partial charge >= 0.3 is 12.1 Å². The van der Waals surface area contributed by atoms with Gasteiger partial charge in [-0.2, -0.15) is 0 Å². The van der Waals surface area contributed by atoms with Crippen LogP contribution in [0.15, 0.2) is 42.2 Å². The fourth-order valence-electron chi connectivity index (χ4n) is 5.22. The number of thiazole rings is 1. The van der Waals surface area contributed by atoms with Crippen LogP contribution in [-0.2, 0) is 13.1 Å². The van der Waals surface area contributed by atoms with E-state index in [9.17, 15) is 14.7 Å². The van der Waals surface area contributed by atoms with Crippen molar-refractivity contribution >= 4 is 39.6 Å². The number of aromatic amines is 1. The highest BCUT2D eigenvalue weighted by molar-refractivity contribution is 7.13. The largest absolute Gasteiger partial charge is 0.465 e. The Labute approximate surface area is 205 Å². The summed E-state index contributed by atoms with van der Waals surface area (Å²) in [5, 5.41) is 16.1. The van der Waals surface area contributed by atoms with Crippen LogP contribution < -0.4 is 5.32 Å². The molecule has 0 spiro atoms. The summed E-state index contributed by atoms with van der Waals surface area (Å²) in [6.45, 7) is 3.44. The van der Waals surface area contributed by atoms with Gasteiger partial charge in [0, 0.05) is 54.6 Å². The Bertz CT molecular complexity index is 1450. The fourth-order valence-corrected chi connectivity index (χ4v) is 5.74. The lowest BCUT2D eigenvalue weighted by Gasteiger charge is -2.25. The maximum Gasteiger partial charge on any atom is 0.407 e. The van der Waals surface area contributed by atoms with Gasteiger partial charge in [0.2, 0.25) is 0 Å². The quantitative estimate of drug-likeness (QED) is 0.359. The summed E-state index contributed by atoms with van der Waals surface area (Å²) in [5.74, 6) is 0. The lowest BCUT2D eigenvalue weighted by molar-refractivity contribution is 0.140. The average molecular weight is 489 g/mol. The topological polar surface area (TPSA) is 114 Å². The molecule has 35 heavy (non-hydrogen) atoms. The van der Waals surface area contributed by atoms with Crippen LogP contribution in [0, 0.1) is 6.92 Å². The molecule has 178 valence electrons. The highest BCUT2D eigenvalue weighted by atomic mass is 32.1. The Hall–Kier alpha value is -3.92. The zero-order valence-electron chi connectivity index (χ0n) is 19.1. The first kappa shape index (κ1) is 21.6. The number of amides is 3. The molecule has 0 radical (unpaired) electrons. The number of aromatic nitrogens is 3. The normalized spacial score (nSPS) is 17.2. The predicted octanol–water partition coefficient (Wildman–Crippen LogP) is 5.36. The third-order valence-electron chi connectivity index (χ3n) is 6.95. The summed E-state index contributed by atoms with van der Waals surface area (Å²) in [6, 6.07) is 5.88. The SMILES string of the molecule is Cc1c[nH]c2ncc(-c3cc4c(c(C5CCCN5C(=O)O)c3)CN(C(=O)Nc3nccs3)C4)cc12. The summed E-state index contributed by atoms with van der Waals surface area (Å²) >= 11 is 1.37. The molecule has 5 heterocycles. The Kier molecular flexibility index (Phi) is 5.18. The molecule has 1 atom stereocenters. The van der Waals surface area contributed by atoms with E-state index in [-0.39, 0.29) is 12.1 Å². The molecule has 0 aliphatic carbocycles. The number of carbonyl (C=O) groups is 2. The van der Waals surface area contributed by atoms with E-state index in [0.29, 0.717) is 24.8 Å². The highest BCUT2D eigenvalue weighted by Crippen LogP contribution is 2.41. The summed E-state index contributed by atoms with van der Waals surface area (Å²) in [7, 11) is 0. The molecule has 3 N–H and O–H groups in total. The minimum absolute atomic E-state index is 0.212. The number of hydrogen-bond acceptors (Lipinski definition) is 5. The number of pyridine rings is 1. The Morgan fingerprint density at radius 3 is 2.89 bits per heavy atom. The number of anilines is 1. The van der Waals surface area contributed by atoms with Crippen LogP contribution in [0.2, 0.25) is 0 Å². The van der Waals surface area contributed by atoms with Crippen LogP contribution in [0.25, 0.3) is 22.2 Å². The first-order valence-electron chi connectivity index (χ1n) is 11.5. The number of likely N-dealkylation sites (tertiary alicyclic amines) is 1. The van der Waals surface area contributed by atoms with Gasteiger partial charge in [-0.15, -0.1) is 11.3 Å². The molecule has 10 heteroatoms. The third kappa shape index (κ3) is 3.79. The van der Waals surface area contributed by atoms with Crippen molar-refractivity contribution in [1.29, 1.82) is 0 Å². The number of hydrogen-bond donors (Lipinski definition) is 3. The summed E-state index contributed by atoms with van der Waals surface area (Å²) < 4.78 is 0. The van der Waals surface area contributed by atoms with Gasteiger partial charge in [-0.25, -0.2) is 19.6 Å². The summed E-state index contributed by atoms with van der Waals surface area (Å²) in [4.78, 5) is 40.1. The van der Waals surface area contributed by atoms with Crippen LogP contribution in [-0.4, -0.2) is 48.5 Å². The van der Waals surface area contributed by atoms with Crippen molar-refractivity contribution < 1.29 is 14.7 Å². The van der Waals surface area contributed by atoms with E-state index < -0.39 is 6.09 Å². The van der Waals surface area contributed by atoms with Crippen molar-refractivity contribution in [2.75, 3.05) is 11.9 Å². The first-order valence-corrected chi connectivity index (χ1v) is 12.4. The van der Waals surface area contributed by atoms with Gasteiger partial charge in [0.1, 0.15) is 5.65 Å². The summed E-state index contributed by atoms with van der Waals surface area (Å²) in [5.41, 5.74) is 6.96. The van der Waals surface area contributed by atoms with Crippen molar-refractivity contribution in [3.05, 3.63) is 64.4 Å². The maximum atomic E-state index is 13.0. The van der Waals surface area contributed by atoms with Gasteiger partial charge in [0.05, 0.1) is 6.04 Å². The number of H-pyrrole nitrogens is 1. The number of rotatable bonds is 3. The van der Waals surface area contributed by atoms with Crippen LogP contribution in [0.5, 0.6) is 0 Å². The van der Waals surface area contributed by atoms with Gasteiger partial charge in [0.25, 0.3) is 0 Å². The summed E-state index contributed by atoms with van der Waals surface area (Å²) in [6.07, 6.45) is 6.12. The molecule has 2 aliphatic heterocycles. The zero-order chi connectivity index (χ0) is 24.1. The fraction of sp³-hybridized carbons (Fsp3) is 0.280. The third-order valence-corrected chi connectivity index (χ3v) is 7.64. The van der Waals surface area contributed by atoms with Crippen LogP contribution >= 0.6 is 11.3 Å². The predicted molar refractivity (Wildman–Crippen MR) is 133 cm³/mol. The van der Waals surface area contributed by atoms with E-state index in [0.717, 1.165) is 57.3 Å². The molecular formula is C25H24N6O3S. The van der Waals surface area contributed by atoms with E-state index in [1.165, 1.54) is 16.2 Å². The first-order chi connectivity index (χ1) is 17.0. The molecule has 1 fully saturated rings. The lowest BCUT2D eigenvalue weighted by atomic mass is 9.91. The van der Waals surface area contributed by atoms with Crippen molar-refractivity contribution in [3.8, 4) is 11.1 Å².